The maximum Gasteiger partial charge on any atom is 0.0401 e. The maximum atomic E-state index is 4.05. The van der Waals surface area contributed by atoms with Crippen LogP contribution in [-0.2, 0) is 13.0 Å². The van der Waals surface area contributed by atoms with Gasteiger partial charge in [-0.1, -0.05) is 24.3 Å². The molecule has 1 aromatic heterocycles. The van der Waals surface area contributed by atoms with Crippen LogP contribution in [0.4, 0.5) is 0 Å². The average Bonchev–Trinajstić information content (AvgIpc) is 2.40. The first-order chi connectivity index (χ1) is 8.43. The van der Waals surface area contributed by atoms with Gasteiger partial charge in [0.15, 0.2) is 0 Å². The van der Waals surface area contributed by atoms with Crippen molar-refractivity contribution < 1.29 is 0 Å². The molecular formula is C15H14N2. The minimum Gasteiger partial charge on any atom is -0.387 e. The number of fused-ring (bicyclic) bond motifs is 1. The highest BCUT2D eigenvalue weighted by Gasteiger charge is 2.11. The summed E-state index contributed by atoms with van der Waals surface area (Å²) in [4.78, 5) is 4.05. The van der Waals surface area contributed by atoms with Crippen LogP contribution in [0.5, 0.6) is 0 Å². The third-order valence-corrected chi connectivity index (χ3v) is 3.08. The Hall–Kier alpha value is -2.09. The lowest BCUT2D eigenvalue weighted by Crippen LogP contribution is -2.14. The number of rotatable bonds is 2. The fraction of sp³-hybridized carbons (Fsp3) is 0.133. The highest BCUT2D eigenvalue weighted by Crippen LogP contribution is 2.25. The summed E-state index contributed by atoms with van der Waals surface area (Å²) >= 11 is 0. The third-order valence-electron chi connectivity index (χ3n) is 3.08. The maximum absolute atomic E-state index is 4.05. The molecular weight excluding hydrogens is 208 g/mol. The quantitative estimate of drug-likeness (QED) is 0.845. The predicted molar refractivity (Wildman–Crippen MR) is 69.2 cm³/mol. The van der Waals surface area contributed by atoms with Crippen LogP contribution in [0.15, 0.2) is 55.0 Å². The predicted octanol–water partition coefficient (Wildman–Crippen LogP) is 2.77. The van der Waals surface area contributed by atoms with Crippen LogP contribution in [0.2, 0.25) is 0 Å². The number of nitrogens with zero attached hydrogens (tertiary/aromatic N) is 1. The summed E-state index contributed by atoms with van der Waals surface area (Å²) in [5.74, 6) is 0. The molecule has 1 N–H and O–H groups in total. The Balaban J connectivity index is 1.92. The smallest absolute Gasteiger partial charge is 0.0401 e. The molecule has 2 heteroatoms. The van der Waals surface area contributed by atoms with Gasteiger partial charge in [0.25, 0.3) is 0 Å². The number of hydrogen-bond acceptors (Lipinski definition) is 2. The zero-order valence-corrected chi connectivity index (χ0v) is 9.56. The molecule has 0 bridgehead atoms. The van der Waals surface area contributed by atoms with E-state index in [4.69, 9.17) is 0 Å². The average molecular weight is 222 g/mol. The molecule has 0 radical (unpaired) electrons. The van der Waals surface area contributed by atoms with E-state index in [2.05, 4.69) is 52.9 Å². The molecule has 2 heterocycles. The highest BCUT2D eigenvalue weighted by molar-refractivity contribution is 5.71. The van der Waals surface area contributed by atoms with Crippen molar-refractivity contribution in [1.82, 2.24) is 10.3 Å². The number of aromatic nitrogens is 1. The normalized spacial score (nSPS) is 13.5. The van der Waals surface area contributed by atoms with Crippen LogP contribution in [0.25, 0.3) is 5.57 Å². The number of allylic oxidation sites excluding steroid dienone is 1. The van der Waals surface area contributed by atoms with E-state index in [-0.39, 0.29) is 0 Å². The first-order valence-corrected chi connectivity index (χ1v) is 5.83. The third kappa shape index (κ3) is 2.07. The van der Waals surface area contributed by atoms with E-state index < -0.39 is 0 Å². The molecule has 1 aliphatic rings. The summed E-state index contributed by atoms with van der Waals surface area (Å²) in [6, 6.07) is 12.7. The zero-order valence-electron chi connectivity index (χ0n) is 9.56. The van der Waals surface area contributed by atoms with Crippen molar-refractivity contribution in [1.29, 1.82) is 0 Å². The molecule has 2 aromatic rings. The Morgan fingerprint density at radius 3 is 2.76 bits per heavy atom. The van der Waals surface area contributed by atoms with Crippen molar-refractivity contribution in [2.75, 3.05) is 0 Å². The van der Waals surface area contributed by atoms with Gasteiger partial charge in [-0.3, -0.25) is 4.98 Å². The molecule has 0 saturated heterocycles. The van der Waals surface area contributed by atoms with E-state index in [1.165, 1.54) is 22.3 Å². The SMILES string of the molecule is C1=C(Cc2ccncc2)c2ccccc2CN1. The van der Waals surface area contributed by atoms with Gasteiger partial charge in [-0.15, -0.1) is 0 Å². The van der Waals surface area contributed by atoms with Crippen molar-refractivity contribution in [2.45, 2.75) is 13.0 Å². The van der Waals surface area contributed by atoms with Gasteiger partial charge in [0.1, 0.15) is 0 Å². The van der Waals surface area contributed by atoms with Crippen molar-refractivity contribution in [3.05, 3.63) is 71.7 Å². The molecule has 0 atom stereocenters. The van der Waals surface area contributed by atoms with Crippen LogP contribution in [0, 0.1) is 0 Å². The summed E-state index contributed by atoms with van der Waals surface area (Å²) in [6.07, 6.45) is 6.77. The fourth-order valence-corrected chi connectivity index (χ4v) is 2.22. The second-order valence-corrected chi connectivity index (χ2v) is 4.24. The summed E-state index contributed by atoms with van der Waals surface area (Å²) in [7, 11) is 0. The molecule has 2 nitrogen and oxygen atoms in total. The van der Waals surface area contributed by atoms with E-state index in [0.29, 0.717) is 0 Å². The van der Waals surface area contributed by atoms with Gasteiger partial charge < -0.3 is 5.32 Å². The fourth-order valence-electron chi connectivity index (χ4n) is 2.22. The molecule has 1 aliphatic heterocycles. The second-order valence-electron chi connectivity index (χ2n) is 4.24. The van der Waals surface area contributed by atoms with Crippen molar-refractivity contribution in [3.8, 4) is 0 Å². The van der Waals surface area contributed by atoms with Gasteiger partial charge in [-0.05, 0) is 40.8 Å². The van der Waals surface area contributed by atoms with Gasteiger partial charge in [0.05, 0.1) is 0 Å². The van der Waals surface area contributed by atoms with Crippen LogP contribution < -0.4 is 5.32 Å². The van der Waals surface area contributed by atoms with Crippen molar-refractivity contribution in [3.63, 3.8) is 0 Å². The molecule has 17 heavy (non-hydrogen) atoms. The van der Waals surface area contributed by atoms with E-state index in [0.717, 1.165) is 13.0 Å². The number of hydrogen-bond donors (Lipinski definition) is 1. The van der Waals surface area contributed by atoms with Gasteiger partial charge >= 0.3 is 0 Å². The van der Waals surface area contributed by atoms with Crippen LogP contribution >= 0.6 is 0 Å². The van der Waals surface area contributed by atoms with E-state index in [1.807, 2.05) is 12.4 Å². The van der Waals surface area contributed by atoms with Crippen molar-refractivity contribution >= 4 is 5.57 Å². The monoisotopic (exact) mass is 222 g/mol. The van der Waals surface area contributed by atoms with Gasteiger partial charge in [0.2, 0.25) is 0 Å². The largest absolute Gasteiger partial charge is 0.387 e. The standard InChI is InChI=1S/C15H14N2/c1-2-4-15-13(3-1)10-17-11-14(15)9-12-5-7-16-8-6-12/h1-8,11,17H,9-10H2. The molecule has 0 unspecified atom stereocenters. The second kappa shape index (κ2) is 4.42. The summed E-state index contributed by atoms with van der Waals surface area (Å²) in [5.41, 5.74) is 5.38. The summed E-state index contributed by atoms with van der Waals surface area (Å²) in [6.45, 7) is 0.927. The number of benzene rings is 1. The molecule has 0 amide bonds. The van der Waals surface area contributed by atoms with Crippen LogP contribution in [0.3, 0.4) is 0 Å². The molecule has 0 saturated carbocycles. The first kappa shape index (κ1) is 10.1. The Morgan fingerprint density at radius 2 is 1.88 bits per heavy atom. The molecule has 3 rings (SSSR count). The van der Waals surface area contributed by atoms with Crippen LogP contribution in [-0.4, -0.2) is 4.98 Å². The highest BCUT2D eigenvalue weighted by atomic mass is 14.8. The number of nitrogens with one attached hydrogen (secondary N) is 1. The van der Waals surface area contributed by atoms with E-state index in [9.17, 15) is 0 Å². The lowest BCUT2D eigenvalue weighted by atomic mass is 9.93. The molecule has 0 spiro atoms. The Kier molecular flexibility index (Phi) is 2.62. The Labute approximate surface area is 101 Å². The minimum atomic E-state index is 0.927. The molecule has 0 fully saturated rings. The van der Waals surface area contributed by atoms with E-state index >= 15 is 0 Å². The summed E-state index contributed by atoms with van der Waals surface area (Å²) < 4.78 is 0. The van der Waals surface area contributed by atoms with E-state index in [1.54, 1.807) is 0 Å². The Bertz CT molecular complexity index is 544. The molecule has 0 aliphatic carbocycles. The lowest BCUT2D eigenvalue weighted by Gasteiger charge is -2.18. The minimum absolute atomic E-state index is 0.927. The van der Waals surface area contributed by atoms with Crippen LogP contribution in [0.1, 0.15) is 16.7 Å². The van der Waals surface area contributed by atoms with Gasteiger partial charge in [0, 0.05) is 25.1 Å². The summed E-state index contributed by atoms with van der Waals surface area (Å²) in [5, 5.41) is 3.33. The van der Waals surface area contributed by atoms with Crippen molar-refractivity contribution in [2.24, 2.45) is 0 Å². The Morgan fingerprint density at radius 1 is 1.06 bits per heavy atom. The number of pyridine rings is 1. The van der Waals surface area contributed by atoms with Gasteiger partial charge in [-0.25, -0.2) is 0 Å². The van der Waals surface area contributed by atoms with Gasteiger partial charge in [-0.2, -0.15) is 0 Å². The molecule has 84 valence electrons. The lowest BCUT2D eigenvalue weighted by molar-refractivity contribution is 0.847. The topological polar surface area (TPSA) is 24.9 Å². The zero-order chi connectivity index (χ0) is 11.5. The molecule has 1 aromatic carbocycles. The first-order valence-electron chi connectivity index (χ1n) is 5.83.